The molecule has 1 N–H and O–H groups in total. The van der Waals surface area contributed by atoms with Crippen molar-refractivity contribution in [3.63, 3.8) is 0 Å². The molecule has 1 rings (SSSR count). The summed E-state index contributed by atoms with van der Waals surface area (Å²) < 4.78 is 0. The van der Waals surface area contributed by atoms with Crippen LogP contribution in [-0.2, 0) is 0 Å². The molecule has 1 aliphatic rings. The van der Waals surface area contributed by atoms with Crippen LogP contribution in [0.4, 0.5) is 0 Å². The number of hydrogen-bond acceptors (Lipinski definition) is 3. The van der Waals surface area contributed by atoms with E-state index >= 15 is 0 Å². The van der Waals surface area contributed by atoms with Gasteiger partial charge in [0.1, 0.15) is 0 Å². The predicted molar refractivity (Wildman–Crippen MR) is 34.0 cm³/mol. The van der Waals surface area contributed by atoms with Gasteiger partial charge in [-0.25, -0.2) is 0 Å². The Bertz CT molecular complexity index is 89.8. The van der Waals surface area contributed by atoms with Gasteiger partial charge in [-0.1, -0.05) is 0 Å². The molecule has 0 saturated carbocycles. The molecule has 46 valence electrons. The number of aliphatic imine (C=N–C) groups is 1. The zero-order valence-corrected chi connectivity index (χ0v) is 5.26. The van der Waals surface area contributed by atoms with Gasteiger partial charge in [-0.05, 0) is 14.1 Å². The van der Waals surface area contributed by atoms with E-state index in [2.05, 4.69) is 15.2 Å². The Kier molecular flexibility index (Phi) is 1.48. The second-order valence-corrected chi connectivity index (χ2v) is 2.14. The summed E-state index contributed by atoms with van der Waals surface area (Å²) >= 11 is 0. The first-order valence-corrected chi connectivity index (χ1v) is 2.71. The second kappa shape index (κ2) is 2.13. The van der Waals surface area contributed by atoms with Crippen LogP contribution in [0, 0.1) is 0 Å². The lowest BCUT2D eigenvalue weighted by Gasteiger charge is -2.17. The van der Waals surface area contributed by atoms with Crippen LogP contribution in [0.3, 0.4) is 0 Å². The molecule has 3 nitrogen and oxygen atoms in total. The van der Waals surface area contributed by atoms with Crippen LogP contribution in [0.1, 0.15) is 0 Å². The third-order valence-electron chi connectivity index (χ3n) is 1.26. The van der Waals surface area contributed by atoms with Crippen molar-refractivity contribution in [2.24, 2.45) is 4.99 Å². The molecule has 0 spiro atoms. The van der Waals surface area contributed by atoms with Crippen molar-refractivity contribution in [1.82, 2.24) is 10.2 Å². The molecule has 8 heavy (non-hydrogen) atoms. The van der Waals surface area contributed by atoms with Crippen molar-refractivity contribution in [3.05, 3.63) is 0 Å². The molecule has 0 radical (unpaired) electrons. The molecular formula is C5H11N3. The van der Waals surface area contributed by atoms with Crippen LogP contribution in [0.25, 0.3) is 0 Å². The molecule has 0 fully saturated rings. The van der Waals surface area contributed by atoms with Crippen LogP contribution in [0.15, 0.2) is 4.99 Å². The number of likely N-dealkylation sites (N-methyl/N-ethyl adjacent to an activating group) is 1. The van der Waals surface area contributed by atoms with Gasteiger partial charge in [0.2, 0.25) is 0 Å². The fraction of sp³-hybridized carbons (Fsp3) is 0.800. The van der Waals surface area contributed by atoms with Gasteiger partial charge in [0.15, 0.2) is 0 Å². The Labute approximate surface area is 49.4 Å². The fourth-order valence-electron chi connectivity index (χ4n) is 0.656. The summed E-state index contributed by atoms with van der Waals surface area (Å²) in [5.74, 6) is 0. The third-order valence-corrected chi connectivity index (χ3v) is 1.26. The largest absolute Gasteiger partial charge is 0.359 e. The van der Waals surface area contributed by atoms with Gasteiger partial charge in [-0.3, -0.25) is 9.89 Å². The summed E-state index contributed by atoms with van der Waals surface area (Å²) in [6.07, 6.45) is 2.18. The molecule has 0 bridgehead atoms. The predicted octanol–water partition coefficient (Wildman–Crippen LogP) is -0.494. The Morgan fingerprint density at radius 3 is 2.75 bits per heavy atom. The summed E-state index contributed by atoms with van der Waals surface area (Å²) in [7, 11) is 4.07. The quantitative estimate of drug-likeness (QED) is 0.496. The first-order chi connectivity index (χ1) is 3.80. The Morgan fingerprint density at radius 1 is 1.75 bits per heavy atom. The van der Waals surface area contributed by atoms with Crippen LogP contribution in [0.5, 0.6) is 0 Å². The van der Waals surface area contributed by atoms with E-state index in [1.807, 2.05) is 14.1 Å². The Hall–Kier alpha value is -0.570. The molecule has 0 saturated heterocycles. The van der Waals surface area contributed by atoms with Gasteiger partial charge >= 0.3 is 0 Å². The van der Waals surface area contributed by atoms with Gasteiger partial charge in [-0.15, -0.1) is 0 Å². The lowest BCUT2D eigenvalue weighted by atomic mass is 10.5. The molecule has 1 aliphatic heterocycles. The third kappa shape index (κ3) is 0.980. The summed E-state index contributed by atoms with van der Waals surface area (Å²) in [5, 5.41) is 3.09. The highest BCUT2D eigenvalue weighted by Gasteiger charge is 2.10. The van der Waals surface area contributed by atoms with Crippen molar-refractivity contribution in [1.29, 1.82) is 0 Å². The summed E-state index contributed by atoms with van der Waals surface area (Å²) in [5.41, 5.74) is 0. The van der Waals surface area contributed by atoms with Gasteiger partial charge in [0, 0.05) is 0 Å². The van der Waals surface area contributed by atoms with Crippen LogP contribution < -0.4 is 5.32 Å². The topological polar surface area (TPSA) is 27.6 Å². The van der Waals surface area contributed by atoms with Crippen LogP contribution >= 0.6 is 0 Å². The van der Waals surface area contributed by atoms with Gasteiger partial charge in [0.25, 0.3) is 0 Å². The summed E-state index contributed by atoms with van der Waals surface area (Å²) in [6.45, 7) is 0.882. The van der Waals surface area contributed by atoms with Crippen molar-refractivity contribution >= 4 is 6.34 Å². The first kappa shape index (κ1) is 5.56. The monoisotopic (exact) mass is 113 g/mol. The van der Waals surface area contributed by atoms with E-state index in [9.17, 15) is 0 Å². The number of rotatable bonds is 1. The minimum Gasteiger partial charge on any atom is -0.359 e. The molecule has 1 atom stereocenters. The zero-order valence-electron chi connectivity index (χ0n) is 5.26. The van der Waals surface area contributed by atoms with E-state index in [1.54, 1.807) is 6.34 Å². The molecule has 0 aromatic rings. The van der Waals surface area contributed by atoms with Crippen LogP contribution in [-0.4, -0.2) is 38.0 Å². The van der Waals surface area contributed by atoms with Crippen LogP contribution in [0.2, 0.25) is 0 Å². The summed E-state index contributed by atoms with van der Waals surface area (Å²) in [6, 6.07) is 0. The van der Waals surface area contributed by atoms with Crippen molar-refractivity contribution in [3.8, 4) is 0 Å². The number of hydrogen-bond donors (Lipinski definition) is 1. The standard InChI is InChI=1S/C5H11N3/c1-8(2)5-3-6-4-7-5/h4-5H,3H2,1-2H3,(H,6,7). The fourth-order valence-corrected chi connectivity index (χ4v) is 0.656. The number of nitrogens with one attached hydrogen (secondary N) is 1. The molecule has 0 aromatic heterocycles. The maximum absolute atomic E-state index is 4.01. The number of nitrogens with zero attached hydrogens (tertiary/aromatic N) is 2. The lowest BCUT2D eigenvalue weighted by Crippen LogP contribution is -2.38. The maximum Gasteiger partial charge on any atom is 0.0996 e. The van der Waals surface area contributed by atoms with E-state index < -0.39 is 0 Å². The van der Waals surface area contributed by atoms with E-state index in [-0.39, 0.29) is 0 Å². The molecule has 1 heterocycles. The average Bonchev–Trinajstić information content (AvgIpc) is 2.12. The minimum absolute atomic E-state index is 0.426. The lowest BCUT2D eigenvalue weighted by molar-refractivity contribution is 0.295. The molecule has 0 aromatic carbocycles. The Morgan fingerprint density at radius 2 is 2.50 bits per heavy atom. The molecule has 0 amide bonds. The van der Waals surface area contributed by atoms with Crippen molar-refractivity contribution < 1.29 is 0 Å². The van der Waals surface area contributed by atoms with E-state index in [0.717, 1.165) is 6.54 Å². The maximum atomic E-state index is 4.01. The zero-order chi connectivity index (χ0) is 5.98. The van der Waals surface area contributed by atoms with Gasteiger partial charge < -0.3 is 5.32 Å². The van der Waals surface area contributed by atoms with Crippen molar-refractivity contribution in [2.75, 3.05) is 20.6 Å². The highest BCUT2D eigenvalue weighted by molar-refractivity contribution is 5.57. The van der Waals surface area contributed by atoms with E-state index in [4.69, 9.17) is 0 Å². The second-order valence-electron chi connectivity index (χ2n) is 2.14. The smallest absolute Gasteiger partial charge is 0.0996 e. The molecular weight excluding hydrogens is 102 g/mol. The molecule has 1 unspecified atom stereocenters. The minimum atomic E-state index is 0.426. The van der Waals surface area contributed by atoms with Crippen molar-refractivity contribution in [2.45, 2.75) is 6.17 Å². The Balaban J connectivity index is 2.29. The van der Waals surface area contributed by atoms with E-state index in [0.29, 0.717) is 6.17 Å². The highest BCUT2D eigenvalue weighted by Crippen LogP contribution is 1.91. The normalized spacial score (nSPS) is 26.6. The average molecular weight is 113 g/mol. The molecule has 0 aliphatic carbocycles. The van der Waals surface area contributed by atoms with Gasteiger partial charge in [0.05, 0.1) is 19.0 Å². The SMILES string of the molecule is CN(C)C1CN=CN1. The first-order valence-electron chi connectivity index (χ1n) is 2.71. The summed E-state index contributed by atoms with van der Waals surface area (Å²) in [4.78, 5) is 6.11. The van der Waals surface area contributed by atoms with Gasteiger partial charge in [-0.2, -0.15) is 0 Å². The van der Waals surface area contributed by atoms with E-state index in [1.165, 1.54) is 0 Å². The molecule has 3 heteroatoms. The highest BCUT2D eigenvalue weighted by atomic mass is 15.3.